The van der Waals surface area contributed by atoms with Crippen LogP contribution in [0.25, 0.3) is 0 Å². The normalized spacial score (nSPS) is 18.6. The minimum absolute atomic E-state index is 0.0533. The maximum atomic E-state index is 12.3. The van der Waals surface area contributed by atoms with Crippen LogP contribution in [0.1, 0.15) is 25.5 Å². The van der Waals surface area contributed by atoms with E-state index in [2.05, 4.69) is 15.5 Å². The standard InChI is InChI=1S/C12H20N4O2/c1-2-9-7-10(16-15-9)14-11(17)12(8-13)3-5-18-6-4-12/h7H,2-6,8,13H2,1H3,(H2,14,15,16,17). The van der Waals surface area contributed by atoms with E-state index in [9.17, 15) is 4.79 Å². The fourth-order valence-electron chi connectivity index (χ4n) is 2.14. The number of carbonyl (C=O) groups is 1. The topological polar surface area (TPSA) is 93.0 Å². The van der Waals surface area contributed by atoms with Crippen molar-refractivity contribution in [3.05, 3.63) is 11.8 Å². The van der Waals surface area contributed by atoms with Gasteiger partial charge < -0.3 is 15.8 Å². The molecular weight excluding hydrogens is 232 g/mol. The van der Waals surface area contributed by atoms with Crippen LogP contribution < -0.4 is 11.1 Å². The fourth-order valence-corrected chi connectivity index (χ4v) is 2.14. The van der Waals surface area contributed by atoms with Gasteiger partial charge in [-0.3, -0.25) is 9.89 Å². The van der Waals surface area contributed by atoms with Crippen molar-refractivity contribution in [1.29, 1.82) is 0 Å². The lowest BCUT2D eigenvalue weighted by Gasteiger charge is -2.34. The summed E-state index contributed by atoms with van der Waals surface area (Å²) in [6, 6.07) is 1.85. The number of ether oxygens (including phenoxy) is 1. The molecule has 0 saturated carbocycles. The molecule has 6 nitrogen and oxygen atoms in total. The van der Waals surface area contributed by atoms with Crippen LogP contribution in [0.4, 0.5) is 5.82 Å². The molecule has 1 aliphatic heterocycles. The van der Waals surface area contributed by atoms with Gasteiger partial charge in [-0.15, -0.1) is 0 Å². The van der Waals surface area contributed by atoms with Gasteiger partial charge >= 0.3 is 0 Å². The van der Waals surface area contributed by atoms with Crippen LogP contribution in [0.15, 0.2) is 6.07 Å². The number of nitrogens with zero attached hydrogens (tertiary/aromatic N) is 1. The summed E-state index contributed by atoms with van der Waals surface area (Å²) in [4.78, 5) is 12.3. The summed E-state index contributed by atoms with van der Waals surface area (Å²) in [6.07, 6.45) is 2.19. The number of amides is 1. The number of hydrogen-bond acceptors (Lipinski definition) is 4. The van der Waals surface area contributed by atoms with Gasteiger partial charge in [-0.05, 0) is 19.3 Å². The molecule has 1 aromatic rings. The number of aromatic nitrogens is 2. The van der Waals surface area contributed by atoms with Gasteiger partial charge in [-0.2, -0.15) is 5.10 Å². The second kappa shape index (κ2) is 5.49. The van der Waals surface area contributed by atoms with E-state index in [0.717, 1.165) is 12.1 Å². The van der Waals surface area contributed by atoms with Crippen molar-refractivity contribution in [2.24, 2.45) is 11.1 Å². The maximum absolute atomic E-state index is 12.3. The van der Waals surface area contributed by atoms with Crippen LogP contribution >= 0.6 is 0 Å². The Morgan fingerprint density at radius 1 is 1.61 bits per heavy atom. The first kappa shape index (κ1) is 13.0. The molecule has 1 saturated heterocycles. The van der Waals surface area contributed by atoms with Crippen LogP contribution in [0.5, 0.6) is 0 Å². The van der Waals surface area contributed by atoms with Crippen molar-refractivity contribution in [3.8, 4) is 0 Å². The molecule has 2 heterocycles. The van der Waals surface area contributed by atoms with Crippen molar-refractivity contribution in [1.82, 2.24) is 10.2 Å². The van der Waals surface area contributed by atoms with Crippen LogP contribution in [-0.4, -0.2) is 35.9 Å². The van der Waals surface area contributed by atoms with E-state index in [1.807, 2.05) is 13.0 Å². The Balaban J connectivity index is 2.05. The Labute approximate surface area is 106 Å². The van der Waals surface area contributed by atoms with Crippen molar-refractivity contribution >= 4 is 11.7 Å². The molecule has 18 heavy (non-hydrogen) atoms. The maximum Gasteiger partial charge on any atom is 0.233 e. The van der Waals surface area contributed by atoms with Crippen LogP contribution in [0.2, 0.25) is 0 Å². The highest BCUT2D eigenvalue weighted by Gasteiger charge is 2.39. The molecule has 1 aromatic heterocycles. The molecule has 0 spiro atoms. The van der Waals surface area contributed by atoms with E-state index in [1.54, 1.807) is 0 Å². The Morgan fingerprint density at radius 3 is 2.89 bits per heavy atom. The van der Waals surface area contributed by atoms with Gasteiger partial charge in [0, 0.05) is 31.5 Å². The number of nitrogens with two attached hydrogens (primary N) is 1. The highest BCUT2D eigenvalue weighted by molar-refractivity contribution is 5.94. The highest BCUT2D eigenvalue weighted by Crippen LogP contribution is 2.30. The predicted molar refractivity (Wildman–Crippen MR) is 68.1 cm³/mol. The third-order valence-electron chi connectivity index (χ3n) is 3.58. The molecule has 0 unspecified atom stereocenters. The average molecular weight is 252 g/mol. The van der Waals surface area contributed by atoms with Gasteiger partial charge in [0.1, 0.15) is 0 Å². The lowest BCUT2D eigenvalue weighted by Crippen LogP contribution is -2.46. The summed E-state index contributed by atoms with van der Waals surface area (Å²) < 4.78 is 5.29. The van der Waals surface area contributed by atoms with E-state index in [-0.39, 0.29) is 5.91 Å². The minimum atomic E-state index is -0.510. The van der Waals surface area contributed by atoms with Crippen molar-refractivity contribution < 1.29 is 9.53 Å². The summed E-state index contributed by atoms with van der Waals surface area (Å²) in [7, 11) is 0. The Kier molecular flexibility index (Phi) is 3.98. The molecular formula is C12H20N4O2. The number of carbonyl (C=O) groups excluding carboxylic acids is 1. The van der Waals surface area contributed by atoms with Gasteiger partial charge in [0.25, 0.3) is 0 Å². The molecule has 1 fully saturated rings. The van der Waals surface area contributed by atoms with Gasteiger partial charge in [0.05, 0.1) is 5.41 Å². The second-order valence-corrected chi connectivity index (χ2v) is 4.68. The number of rotatable bonds is 4. The number of hydrogen-bond donors (Lipinski definition) is 3. The van der Waals surface area contributed by atoms with Gasteiger partial charge in [-0.1, -0.05) is 6.92 Å². The molecule has 100 valence electrons. The molecule has 6 heteroatoms. The molecule has 0 aliphatic carbocycles. The lowest BCUT2D eigenvalue weighted by atomic mass is 9.79. The summed E-state index contributed by atoms with van der Waals surface area (Å²) >= 11 is 0. The molecule has 0 atom stereocenters. The monoisotopic (exact) mass is 252 g/mol. The first-order valence-corrected chi connectivity index (χ1v) is 6.34. The highest BCUT2D eigenvalue weighted by atomic mass is 16.5. The lowest BCUT2D eigenvalue weighted by molar-refractivity contribution is -0.130. The zero-order valence-corrected chi connectivity index (χ0v) is 10.7. The van der Waals surface area contributed by atoms with E-state index >= 15 is 0 Å². The molecule has 2 rings (SSSR count). The largest absolute Gasteiger partial charge is 0.381 e. The van der Waals surface area contributed by atoms with Crippen molar-refractivity contribution in [2.45, 2.75) is 26.2 Å². The third-order valence-corrected chi connectivity index (χ3v) is 3.58. The average Bonchev–Trinajstić information content (AvgIpc) is 2.87. The van der Waals surface area contributed by atoms with Crippen LogP contribution in [-0.2, 0) is 16.0 Å². The summed E-state index contributed by atoms with van der Waals surface area (Å²) in [5.41, 5.74) is 6.27. The van der Waals surface area contributed by atoms with E-state index in [1.165, 1.54) is 0 Å². The number of nitrogens with one attached hydrogen (secondary N) is 2. The molecule has 0 radical (unpaired) electrons. The Hall–Kier alpha value is -1.40. The molecule has 0 bridgehead atoms. The van der Waals surface area contributed by atoms with Gasteiger partial charge in [-0.25, -0.2) is 0 Å². The number of aryl methyl sites for hydroxylation is 1. The van der Waals surface area contributed by atoms with Crippen molar-refractivity contribution in [3.63, 3.8) is 0 Å². The van der Waals surface area contributed by atoms with Crippen molar-refractivity contribution in [2.75, 3.05) is 25.1 Å². The Morgan fingerprint density at radius 2 is 2.33 bits per heavy atom. The van der Waals surface area contributed by atoms with Gasteiger partial charge in [0.2, 0.25) is 5.91 Å². The van der Waals surface area contributed by atoms with E-state index in [4.69, 9.17) is 10.5 Å². The molecule has 1 amide bonds. The number of anilines is 1. The SMILES string of the molecule is CCc1cc(NC(=O)C2(CN)CCOCC2)n[nH]1. The molecule has 0 aromatic carbocycles. The molecule has 1 aliphatic rings. The smallest absolute Gasteiger partial charge is 0.233 e. The zero-order valence-electron chi connectivity index (χ0n) is 10.7. The summed E-state index contributed by atoms with van der Waals surface area (Å²) in [5.74, 6) is 0.513. The minimum Gasteiger partial charge on any atom is -0.381 e. The number of aromatic amines is 1. The second-order valence-electron chi connectivity index (χ2n) is 4.68. The fraction of sp³-hybridized carbons (Fsp3) is 0.667. The van der Waals surface area contributed by atoms with Crippen LogP contribution in [0.3, 0.4) is 0 Å². The quantitative estimate of drug-likeness (QED) is 0.734. The van der Waals surface area contributed by atoms with E-state index < -0.39 is 5.41 Å². The molecule has 4 N–H and O–H groups in total. The predicted octanol–water partition coefficient (Wildman–Crippen LogP) is 0.666. The third kappa shape index (κ3) is 2.54. The zero-order chi connectivity index (χ0) is 13.0. The van der Waals surface area contributed by atoms with Gasteiger partial charge in [0.15, 0.2) is 5.82 Å². The summed E-state index contributed by atoms with van der Waals surface area (Å²) in [5, 5.41) is 9.77. The van der Waals surface area contributed by atoms with Crippen LogP contribution in [0, 0.1) is 5.41 Å². The Bertz CT molecular complexity index is 410. The summed E-state index contributed by atoms with van der Waals surface area (Å²) in [6.45, 7) is 3.54. The first-order valence-electron chi connectivity index (χ1n) is 6.34. The first-order chi connectivity index (χ1) is 8.70. The van der Waals surface area contributed by atoms with E-state index in [0.29, 0.717) is 38.4 Å². The number of H-pyrrole nitrogens is 1.